The van der Waals surface area contributed by atoms with E-state index in [0.717, 1.165) is 50.5 Å². The fourth-order valence-electron chi connectivity index (χ4n) is 4.61. The molecule has 1 amide bonds. The van der Waals surface area contributed by atoms with E-state index in [9.17, 15) is 4.79 Å². The molecule has 0 radical (unpaired) electrons. The lowest BCUT2D eigenvalue weighted by Gasteiger charge is -2.40. The lowest BCUT2D eigenvalue weighted by molar-refractivity contribution is -0.122. The zero-order chi connectivity index (χ0) is 19.6. The van der Waals surface area contributed by atoms with Gasteiger partial charge in [0.25, 0.3) is 5.91 Å². The third-order valence-corrected chi connectivity index (χ3v) is 6.16. The Labute approximate surface area is 166 Å². The number of ether oxygens (including phenoxy) is 2. The maximum atomic E-state index is 12.7. The Bertz CT molecular complexity index is 829. The molecule has 0 N–H and O–H groups in total. The fraction of sp³-hybridized carbons (Fsp3) is 0.435. The van der Waals surface area contributed by atoms with Gasteiger partial charge in [-0.25, -0.2) is 0 Å². The summed E-state index contributed by atoms with van der Waals surface area (Å²) in [5.41, 5.74) is 3.61. The monoisotopic (exact) mass is 380 g/mol. The molecule has 1 spiro atoms. The van der Waals surface area contributed by atoms with Gasteiger partial charge in [0.1, 0.15) is 12.4 Å². The van der Waals surface area contributed by atoms with Crippen molar-refractivity contribution in [3.05, 3.63) is 59.7 Å². The summed E-state index contributed by atoms with van der Waals surface area (Å²) < 4.78 is 10.6. The van der Waals surface area contributed by atoms with Crippen molar-refractivity contribution in [2.75, 3.05) is 45.4 Å². The second-order valence-corrected chi connectivity index (χ2v) is 7.84. The zero-order valence-corrected chi connectivity index (χ0v) is 16.7. The Morgan fingerprint density at radius 2 is 1.82 bits per heavy atom. The average molecular weight is 380 g/mol. The molecule has 1 fully saturated rings. The highest BCUT2D eigenvalue weighted by Gasteiger charge is 2.46. The summed E-state index contributed by atoms with van der Waals surface area (Å²) in [6.07, 6.45) is 2.08. The largest absolute Gasteiger partial charge is 0.497 e. The van der Waals surface area contributed by atoms with Crippen molar-refractivity contribution < 1.29 is 14.3 Å². The lowest BCUT2D eigenvalue weighted by atomic mass is 9.74. The molecule has 5 nitrogen and oxygen atoms in total. The molecule has 0 aromatic heterocycles. The van der Waals surface area contributed by atoms with Crippen LogP contribution in [0.1, 0.15) is 24.0 Å². The number of benzene rings is 2. The summed E-state index contributed by atoms with van der Waals surface area (Å²) in [5, 5.41) is 0. The van der Waals surface area contributed by atoms with E-state index in [1.807, 2.05) is 17.0 Å². The first-order valence-electron chi connectivity index (χ1n) is 9.89. The highest BCUT2D eigenvalue weighted by atomic mass is 16.5. The maximum Gasteiger partial charge on any atom is 0.252 e. The van der Waals surface area contributed by atoms with E-state index in [2.05, 4.69) is 41.3 Å². The fourth-order valence-corrected chi connectivity index (χ4v) is 4.61. The smallest absolute Gasteiger partial charge is 0.252 e. The highest BCUT2D eigenvalue weighted by molar-refractivity contribution is 5.97. The van der Waals surface area contributed by atoms with Crippen molar-refractivity contribution in [3.63, 3.8) is 0 Å². The minimum atomic E-state index is 0.000459. The van der Waals surface area contributed by atoms with E-state index in [1.54, 1.807) is 14.2 Å². The van der Waals surface area contributed by atoms with Gasteiger partial charge in [-0.1, -0.05) is 30.3 Å². The van der Waals surface area contributed by atoms with Crippen molar-refractivity contribution in [1.29, 1.82) is 0 Å². The van der Waals surface area contributed by atoms with E-state index in [0.29, 0.717) is 0 Å². The third kappa shape index (κ3) is 3.52. The molecular weight excluding hydrogens is 352 g/mol. The summed E-state index contributed by atoms with van der Waals surface area (Å²) in [4.78, 5) is 17.1. The van der Waals surface area contributed by atoms with Crippen LogP contribution >= 0.6 is 0 Å². The topological polar surface area (TPSA) is 42.0 Å². The number of rotatable bonds is 5. The van der Waals surface area contributed by atoms with Crippen LogP contribution in [-0.2, 0) is 21.5 Å². The summed E-state index contributed by atoms with van der Waals surface area (Å²) in [6, 6.07) is 16.7. The van der Waals surface area contributed by atoms with E-state index in [4.69, 9.17) is 9.47 Å². The van der Waals surface area contributed by atoms with Gasteiger partial charge < -0.3 is 14.4 Å². The number of piperidine rings is 1. The van der Waals surface area contributed by atoms with Crippen LogP contribution in [0.4, 0.5) is 5.69 Å². The molecule has 2 heterocycles. The molecule has 0 unspecified atom stereocenters. The minimum Gasteiger partial charge on any atom is -0.497 e. The standard InChI is InChI=1S/C23H28N2O3/c1-27-16-22(26)25-17-23(20-14-19(28-2)8-9-21(20)25)10-12-24(13-11-23)15-18-6-4-3-5-7-18/h3-9,14H,10-13,15-17H2,1-2H3. The van der Waals surface area contributed by atoms with Crippen molar-refractivity contribution in [1.82, 2.24) is 4.90 Å². The molecule has 5 heteroatoms. The normalized spacial score (nSPS) is 18.3. The van der Waals surface area contributed by atoms with Gasteiger partial charge in [0.05, 0.1) is 7.11 Å². The summed E-state index contributed by atoms with van der Waals surface area (Å²) in [7, 11) is 3.26. The van der Waals surface area contributed by atoms with Crippen LogP contribution in [0.15, 0.2) is 48.5 Å². The molecule has 2 aromatic rings. The van der Waals surface area contributed by atoms with Crippen LogP contribution in [0.5, 0.6) is 5.75 Å². The zero-order valence-electron chi connectivity index (χ0n) is 16.7. The van der Waals surface area contributed by atoms with E-state index >= 15 is 0 Å². The van der Waals surface area contributed by atoms with E-state index < -0.39 is 0 Å². The molecule has 2 aliphatic rings. The number of carbonyl (C=O) groups excluding carboxylic acids is 1. The molecule has 4 rings (SSSR count). The van der Waals surface area contributed by atoms with Crippen LogP contribution in [0, 0.1) is 0 Å². The summed E-state index contributed by atoms with van der Waals surface area (Å²) in [6.45, 7) is 3.88. The minimum absolute atomic E-state index is 0.000459. The molecule has 0 aliphatic carbocycles. The Balaban J connectivity index is 1.55. The number of fused-ring (bicyclic) bond motifs is 2. The van der Waals surface area contributed by atoms with Gasteiger partial charge in [0.15, 0.2) is 0 Å². The Kier molecular flexibility index (Phi) is 5.38. The maximum absolute atomic E-state index is 12.7. The van der Waals surface area contributed by atoms with Crippen LogP contribution in [0.25, 0.3) is 0 Å². The van der Waals surface area contributed by atoms with Crippen LogP contribution in [0.2, 0.25) is 0 Å². The molecule has 2 aliphatic heterocycles. The second-order valence-electron chi connectivity index (χ2n) is 7.84. The Hall–Kier alpha value is -2.37. The first-order chi connectivity index (χ1) is 13.6. The van der Waals surface area contributed by atoms with Crippen molar-refractivity contribution in [2.45, 2.75) is 24.8 Å². The van der Waals surface area contributed by atoms with Gasteiger partial charge >= 0.3 is 0 Å². The molecule has 0 bridgehead atoms. The number of likely N-dealkylation sites (tertiary alicyclic amines) is 1. The van der Waals surface area contributed by atoms with Crippen LogP contribution in [0.3, 0.4) is 0 Å². The highest BCUT2D eigenvalue weighted by Crippen LogP contribution is 2.48. The van der Waals surface area contributed by atoms with E-state index in [1.165, 1.54) is 11.1 Å². The predicted octanol–water partition coefficient (Wildman–Crippen LogP) is 3.22. The van der Waals surface area contributed by atoms with Crippen LogP contribution < -0.4 is 9.64 Å². The van der Waals surface area contributed by atoms with Crippen molar-refractivity contribution in [2.24, 2.45) is 0 Å². The number of methoxy groups -OCH3 is 2. The second kappa shape index (κ2) is 7.94. The van der Waals surface area contributed by atoms with Crippen LogP contribution in [-0.4, -0.2) is 51.3 Å². The average Bonchev–Trinajstić information content (AvgIpc) is 3.04. The predicted molar refractivity (Wildman–Crippen MR) is 110 cm³/mol. The van der Waals surface area contributed by atoms with Gasteiger partial charge in [-0.05, 0) is 55.3 Å². The molecule has 148 valence electrons. The Morgan fingerprint density at radius 1 is 1.07 bits per heavy atom. The summed E-state index contributed by atoms with van der Waals surface area (Å²) in [5.74, 6) is 0.878. The first-order valence-corrected chi connectivity index (χ1v) is 9.89. The van der Waals surface area contributed by atoms with Gasteiger partial charge in [0, 0.05) is 31.3 Å². The molecule has 0 saturated carbocycles. The Morgan fingerprint density at radius 3 is 2.50 bits per heavy atom. The summed E-state index contributed by atoms with van der Waals surface area (Å²) >= 11 is 0. The van der Waals surface area contributed by atoms with Gasteiger partial charge in [-0.15, -0.1) is 0 Å². The van der Waals surface area contributed by atoms with Crippen molar-refractivity contribution in [3.8, 4) is 5.75 Å². The van der Waals surface area contributed by atoms with Crippen molar-refractivity contribution >= 4 is 11.6 Å². The molecular formula is C23H28N2O3. The lowest BCUT2D eigenvalue weighted by Crippen LogP contribution is -2.46. The molecule has 1 saturated heterocycles. The van der Waals surface area contributed by atoms with Gasteiger partial charge in [-0.3, -0.25) is 9.69 Å². The quantitative estimate of drug-likeness (QED) is 0.799. The number of amides is 1. The van der Waals surface area contributed by atoms with E-state index in [-0.39, 0.29) is 17.9 Å². The first kappa shape index (κ1) is 19.0. The molecule has 2 aromatic carbocycles. The molecule has 28 heavy (non-hydrogen) atoms. The molecule has 0 atom stereocenters. The number of anilines is 1. The number of hydrogen-bond acceptors (Lipinski definition) is 4. The third-order valence-electron chi connectivity index (χ3n) is 6.16. The number of nitrogens with zero attached hydrogens (tertiary/aromatic N) is 2. The number of hydrogen-bond donors (Lipinski definition) is 0. The van der Waals surface area contributed by atoms with Gasteiger partial charge in [0.2, 0.25) is 0 Å². The SMILES string of the molecule is COCC(=O)N1CC2(CCN(Cc3ccccc3)CC2)c2cc(OC)ccc21. The van der Waals surface area contributed by atoms with Gasteiger partial charge in [-0.2, -0.15) is 0 Å². The number of carbonyl (C=O) groups is 1.